The number of aromatic nitrogens is 1. The molecule has 0 bridgehead atoms. The molecule has 6 nitrogen and oxygen atoms in total. The second-order valence-corrected chi connectivity index (χ2v) is 6.57. The van der Waals surface area contributed by atoms with Gasteiger partial charge in [-0.2, -0.15) is 0 Å². The number of hydrogen-bond donors (Lipinski definition) is 3. The average molecular weight is 359 g/mol. The summed E-state index contributed by atoms with van der Waals surface area (Å²) < 4.78 is 0. The van der Waals surface area contributed by atoms with Crippen molar-refractivity contribution in [3.63, 3.8) is 0 Å². The molecule has 1 heterocycles. The van der Waals surface area contributed by atoms with Gasteiger partial charge < -0.3 is 16.0 Å². The van der Waals surface area contributed by atoms with Crippen LogP contribution in [0.25, 0.3) is 0 Å². The first-order chi connectivity index (χ1) is 12.1. The minimum absolute atomic E-state index is 0.0812. The fourth-order valence-electron chi connectivity index (χ4n) is 2.25. The number of benzene rings is 1. The molecule has 1 aromatic carbocycles. The fourth-order valence-corrected chi connectivity index (χ4v) is 2.90. The molecule has 7 heteroatoms. The van der Waals surface area contributed by atoms with Crippen LogP contribution in [0.15, 0.2) is 34.6 Å². The van der Waals surface area contributed by atoms with E-state index in [-0.39, 0.29) is 5.91 Å². The molecule has 0 saturated heterocycles. The van der Waals surface area contributed by atoms with Crippen molar-refractivity contribution in [2.75, 3.05) is 20.1 Å². The number of nitrogens with one attached hydrogen (secondary N) is 3. The average Bonchev–Trinajstić information content (AvgIpc) is 3.04. The summed E-state index contributed by atoms with van der Waals surface area (Å²) >= 11 is 1.67. The molecule has 0 spiro atoms. The lowest BCUT2D eigenvalue weighted by Crippen LogP contribution is -2.38. The number of guanidine groups is 1. The van der Waals surface area contributed by atoms with Crippen molar-refractivity contribution in [1.82, 2.24) is 20.9 Å². The van der Waals surface area contributed by atoms with Gasteiger partial charge in [-0.1, -0.05) is 12.1 Å². The van der Waals surface area contributed by atoms with E-state index >= 15 is 0 Å². The summed E-state index contributed by atoms with van der Waals surface area (Å²) in [5.74, 6) is 0.701. The topological polar surface area (TPSA) is 78.4 Å². The highest BCUT2D eigenvalue weighted by Gasteiger charge is 2.03. The number of aryl methyl sites for hydroxylation is 1. The Morgan fingerprint density at radius 2 is 2.00 bits per heavy atom. The first kappa shape index (κ1) is 18.9. The Hall–Kier alpha value is -2.41. The number of amides is 1. The van der Waals surface area contributed by atoms with Gasteiger partial charge in [-0.25, -0.2) is 9.98 Å². The molecule has 0 atom stereocenters. The summed E-state index contributed by atoms with van der Waals surface area (Å²) in [6.45, 7) is 6.20. The predicted molar refractivity (Wildman–Crippen MR) is 103 cm³/mol. The van der Waals surface area contributed by atoms with E-state index in [1.54, 1.807) is 18.4 Å². The van der Waals surface area contributed by atoms with Gasteiger partial charge in [0.2, 0.25) is 0 Å². The van der Waals surface area contributed by atoms with Crippen LogP contribution >= 0.6 is 11.3 Å². The summed E-state index contributed by atoms with van der Waals surface area (Å²) in [7, 11) is 1.63. The van der Waals surface area contributed by atoms with Crippen LogP contribution in [0.5, 0.6) is 0 Å². The van der Waals surface area contributed by atoms with E-state index in [1.165, 1.54) is 0 Å². The summed E-state index contributed by atoms with van der Waals surface area (Å²) in [6, 6.07) is 7.48. The third-order valence-electron chi connectivity index (χ3n) is 3.55. The van der Waals surface area contributed by atoms with Crippen molar-refractivity contribution in [2.45, 2.75) is 26.8 Å². The molecule has 1 amide bonds. The molecule has 0 aliphatic carbocycles. The maximum atomic E-state index is 11.5. The van der Waals surface area contributed by atoms with Crippen molar-refractivity contribution in [3.8, 4) is 0 Å². The molecule has 3 N–H and O–H groups in total. The number of aliphatic imine (C=N–C) groups is 1. The maximum absolute atomic E-state index is 11.5. The van der Waals surface area contributed by atoms with Gasteiger partial charge in [0.1, 0.15) is 0 Å². The van der Waals surface area contributed by atoms with Crippen LogP contribution in [0, 0.1) is 6.92 Å². The molecule has 25 heavy (non-hydrogen) atoms. The highest BCUT2D eigenvalue weighted by Crippen LogP contribution is 2.08. The molecule has 0 unspecified atom stereocenters. The van der Waals surface area contributed by atoms with E-state index in [0.717, 1.165) is 41.7 Å². The lowest BCUT2D eigenvalue weighted by molar-refractivity contribution is 0.0963. The number of carbonyl (C=O) groups excluding carboxylic acids is 1. The van der Waals surface area contributed by atoms with Gasteiger partial charge >= 0.3 is 0 Å². The third kappa shape index (κ3) is 6.19. The minimum Gasteiger partial charge on any atom is -0.357 e. The van der Waals surface area contributed by atoms with E-state index in [2.05, 4.69) is 31.3 Å². The summed E-state index contributed by atoms with van der Waals surface area (Å²) in [5.41, 5.74) is 2.81. The Bertz CT molecular complexity index is 709. The van der Waals surface area contributed by atoms with Gasteiger partial charge in [0.05, 0.1) is 17.2 Å². The lowest BCUT2D eigenvalue weighted by Gasteiger charge is -2.10. The van der Waals surface area contributed by atoms with Crippen LogP contribution in [0.1, 0.15) is 33.5 Å². The second-order valence-electron chi connectivity index (χ2n) is 5.51. The van der Waals surface area contributed by atoms with Crippen LogP contribution in [0.4, 0.5) is 0 Å². The molecule has 0 saturated carbocycles. The monoisotopic (exact) mass is 359 g/mol. The molecule has 134 valence electrons. The Morgan fingerprint density at radius 1 is 1.24 bits per heavy atom. The van der Waals surface area contributed by atoms with Crippen LogP contribution in [-0.4, -0.2) is 37.0 Å². The molecule has 0 fully saturated rings. The Kier molecular flexibility index (Phi) is 7.40. The van der Waals surface area contributed by atoms with Gasteiger partial charge in [-0.15, -0.1) is 11.3 Å². The number of rotatable bonds is 7. The zero-order chi connectivity index (χ0) is 18.1. The highest BCUT2D eigenvalue weighted by atomic mass is 32.1. The van der Waals surface area contributed by atoms with Gasteiger partial charge in [0, 0.05) is 37.5 Å². The van der Waals surface area contributed by atoms with Crippen LogP contribution < -0.4 is 16.0 Å². The highest BCUT2D eigenvalue weighted by molar-refractivity contribution is 7.09. The standard InChI is InChI=1S/C18H25N5OS/c1-4-20-18(21-10-9-16-12-25-13(2)23-16)22-11-14-5-7-15(8-6-14)17(24)19-3/h5-8,12H,4,9-11H2,1-3H3,(H,19,24)(H2,20,21,22). The van der Waals surface area contributed by atoms with Crippen molar-refractivity contribution < 1.29 is 4.79 Å². The van der Waals surface area contributed by atoms with Gasteiger partial charge in [0.15, 0.2) is 5.96 Å². The predicted octanol–water partition coefficient (Wildman–Crippen LogP) is 2.11. The Labute approximate surface area is 152 Å². The molecule has 0 aliphatic rings. The molecular weight excluding hydrogens is 334 g/mol. The summed E-state index contributed by atoms with van der Waals surface area (Å²) in [4.78, 5) is 20.6. The zero-order valence-electron chi connectivity index (χ0n) is 14.9. The van der Waals surface area contributed by atoms with Crippen molar-refractivity contribution in [3.05, 3.63) is 51.5 Å². The quantitative estimate of drug-likeness (QED) is 0.523. The van der Waals surface area contributed by atoms with Crippen molar-refractivity contribution in [1.29, 1.82) is 0 Å². The van der Waals surface area contributed by atoms with Crippen molar-refractivity contribution in [2.24, 2.45) is 4.99 Å². The maximum Gasteiger partial charge on any atom is 0.251 e. The molecule has 0 aliphatic heterocycles. The van der Waals surface area contributed by atoms with E-state index < -0.39 is 0 Å². The minimum atomic E-state index is -0.0812. The van der Waals surface area contributed by atoms with Gasteiger partial charge in [-0.3, -0.25) is 4.79 Å². The van der Waals surface area contributed by atoms with Gasteiger partial charge in [0.25, 0.3) is 5.91 Å². The fraction of sp³-hybridized carbons (Fsp3) is 0.389. The van der Waals surface area contributed by atoms with E-state index in [1.807, 2.05) is 38.1 Å². The summed E-state index contributed by atoms with van der Waals surface area (Å²) in [5, 5.41) is 12.4. The largest absolute Gasteiger partial charge is 0.357 e. The third-order valence-corrected chi connectivity index (χ3v) is 4.37. The second kappa shape index (κ2) is 9.78. The number of thiazole rings is 1. The van der Waals surface area contributed by atoms with Crippen LogP contribution in [0.3, 0.4) is 0 Å². The Balaban J connectivity index is 1.88. The molecule has 2 rings (SSSR count). The lowest BCUT2D eigenvalue weighted by atomic mass is 10.1. The Morgan fingerprint density at radius 3 is 2.60 bits per heavy atom. The number of carbonyl (C=O) groups is 1. The SMILES string of the molecule is CCNC(=NCc1ccc(C(=O)NC)cc1)NCCc1csc(C)n1. The van der Waals surface area contributed by atoms with E-state index in [4.69, 9.17) is 0 Å². The smallest absolute Gasteiger partial charge is 0.251 e. The van der Waals surface area contributed by atoms with Crippen LogP contribution in [-0.2, 0) is 13.0 Å². The van der Waals surface area contributed by atoms with E-state index in [0.29, 0.717) is 12.1 Å². The zero-order valence-corrected chi connectivity index (χ0v) is 15.7. The van der Waals surface area contributed by atoms with Gasteiger partial charge in [-0.05, 0) is 31.5 Å². The van der Waals surface area contributed by atoms with Crippen molar-refractivity contribution >= 4 is 23.2 Å². The van der Waals surface area contributed by atoms with E-state index in [9.17, 15) is 4.79 Å². The first-order valence-corrected chi connectivity index (χ1v) is 9.24. The number of hydrogen-bond acceptors (Lipinski definition) is 4. The molecule has 0 radical (unpaired) electrons. The summed E-state index contributed by atoms with van der Waals surface area (Å²) in [6.07, 6.45) is 0.871. The molecule has 1 aromatic heterocycles. The number of nitrogens with zero attached hydrogens (tertiary/aromatic N) is 2. The first-order valence-electron chi connectivity index (χ1n) is 8.36. The van der Waals surface area contributed by atoms with Crippen LogP contribution in [0.2, 0.25) is 0 Å². The molecular formula is C18H25N5OS. The molecule has 2 aromatic rings. The normalized spacial score (nSPS) is 11.2.